The molecule has 4 heteroatoms. The highest BCUT2D eigenvalue weighted by molar-refractivity contribution is 5.40. The predicted octanol–water partition coefficient (Wildman–Crippen LogP) is 3.04. The number of hydrogen-bond donors (Lipinski definition) is 1. The number of nitrogens with two attached hydrogens (primary N) is 1. The van der Waals surface area contributed by atoms with E-state index in [-0.39, 0.29) is 16.1 Å². The maximum atomic E-state index is 11.0. The molecule has 1 aromatic carbocycles. The Bertz CT molecular complexity index is 437. The van der Waals surface area contributed by atoms with E-state index in [1.165, 1.54) is 0 Å². The first-order chi connectivity index (χ1) is 8.50. The van der Waals surface area contributed by atoms with E-state index in [0.717, 1.165) is 37.2 Å². The van der Waals surface area contributed by atoms with E-state index in [9.17, 15) is 10.1 Å². The van der Waals surface area contributed by atoms with E-state index in [1.807, 2.05) is 12.1 Å². The van der Waals surface area contributed by atoms with Crippen LogP contribution in [-0.4, -0.2) is 10.5 Å². The summed E-state index contributed by atoms with van der Waals surface area (Å²) in [7, 11) is 0. The molecule has 0 radical (unpaired) electrons. The van der Waals surface area contributed by atoms with Gasteiger partial charge in [-0.05, 0) is 38.0 Å². The van der Waals surface area contributed by atoms with Gasteiger partial charge in [-0.2, -0.15) is 0 Å². The molecule has 0 aliphatic heterocycles. The summed E-state index contributed by atoms with van der Waals surface area (Å²) in [6.45, 7) is 2.24. The molecule has 1 aliphatic rings. The lowest BCUT2D eigenvalue weighted by Crippen LogP contribution is -2.45. The van der Waals surface area contributed by atoms with Crippen molar-refractivity contribution in [2.24, 2.45) is 11.7 Å². The van der Waals surface area contributed by atoms with Crippen molar-refractivity contribution < 1.29 is 4.92 Å². The van der Waals surface area contributed by atoms with Crippen molar-refractivity contribution in [3.8, 4) is 0 Å². The Morgan fingerprint density at radius 2 is 2.00 bits per heavy atom. The number of benzene rings is 1. The summed E-state index contributed by atoms with van der Waals surface area (Å²) in [5, 5.41) is 11.0. The van der Waals surface area contributed by atoms with Gasteiger partial charge in [0.25, 0.3) is 5.69 Å². The molecule has 2 rings (SSSR count). The molecule has 1 aliphatic carbocycles. The number of nitro benzene ring substituents is 1. The van der Waals surface area contributed by atoms with Crippen molar-refractivity contribution in [1.29, 1.82) is 0 Å². The molecule has 0 atom stereocenters. The predicted molar refractivity (Wildman–Crippen MR) is 71.4 cm³/mol. The zero-order valence-electron chi connectivity index (χ0n) is 10.8. The number of rotatable bonds is 3. The van der Waals surface area contributed by atoms with Crippen molar-refractivity contribution in [2.75, 3.05) is 0 Å². The molecule has 0 amide bonds. The number of para-hydroxylation sites is 1. The second-order valence-corrected chi connectivity index (χ2v) is 5.61. The summed E-state index contributed by atoms with van der Waals surface area (Å²) in [5.74, 6) is 0.729. The van der Waals surface area contributed by atoms with Gasteiger partial charge in [0.05, 0.1) is 4.92 Å². The van der Waals surface area contributed by atoms with Gasteiger partial charge in [-0.3, -0.25) is 10.1 Å². The van der Waals surface area contributed by atoms with Crippen molar-refractivity contribution in [2.45, 2.75) is 44.6 Å². The Hall–Kier alpha value is -1.42. The van der Waals surface area contributed by atoms with E-state index in [2.05, 4.69) is 6.92 Å². The molecular formula is C14H20N2O2. The van der Waals surface area contributed by atoms with Gasteiger partial charge in [0.15, 0.2) is 0 Å². The van der Waals surface area contributed by atoms with Crippen LogP contribution < -0.4 is 5.73 Å². The van der Waals surface area contributed by atoms with Crippen LogP contribution >= 0.6 is 0 Å². The largest absolute Gasteiger partial charge is 0.325 e. The zero-order valence-corrected chi connectivity index (χ0v) is 10.8. The van der Waals surface area contributed by atoms with Crippen LogP contribution in [0, 0.1) is 16.0 Å². The van der Waals surface area contributed by atoms with Crippen LogP contribution in [0.4, 0.5) is 5.69 Å². The average Bonchev–Trinajstić information content (AvgIpc) is 2.34. The van der Waals surface area contributed by atoms with E-state index in [4.69, 9.17) is 5.73 Å². The van der Waals surface area contributed by atoms with Crippen molar-refractivity contribution >= 4 is 5.69 Å². The SMILES string of the molecule is CC1CCC(N)(Cc2ccccc2[N+](=O)[O-])CC1. The molecule has 1 saturated carbocycles. The standard InChI is InChI=1S/C14H20N2O2/c1-11-6-8-14(15,9-7-11)10-12-4-2-3-5-13(12)16(17)18/h2-5,11H,6-10,15H2,1H3. The minimum absolute atomic E-state index is 0.195. The summed E-state index contributed by atoms with van der Waals surface area (Å²) in [4.78, 5) is 10.7. The number of nitro groups is 1. The van der Waals surface area contributed by atoms with Crippen molar-refractivity contribution in [3.63, 3.8) is 0 Å². The zero-order chi connectivity index (χ0) is 13.2. The molecule has 18 heavy (non-hydrogen) atoms. The molecule has 98 valence electrons. The summed E-state index contributed by atoms with van der Waals surface area (Å²) >= 11 is 0. The molecule has 0 spiro atoms. The number of hydrogen-bond acceptors (Lipinski definition) is 3. The average molecular weight is 248 g/mol. The Morgan fingerprint density at radius 3 is 2.61 bits per heavy atom. The van der Waals surface area contributed by atoms with Gasteiger partial charge in [-0.15, -0.1) is 0 Å². The van der Waals surface area contributed by atoms with Gasteiger partial charge in [-0.1, -0.05) is 25.1 Å². The number of nitrogens with zero attached hydrogens (tertiary/aromatic N) is 1. The van der Waals surface area contributed by atoms with Gasteiger partial charge in [-0.25, -0.2) is 0 Å². The normalized spacial score (nSPS) is 28.0. The monoisotopic (exact) mass is 248 g/mol. The molecule has 0 aromatic heterocycles. The molecule has 4 nitrogen and oxygen atoms in total. The lowest BCUT2D eigenvalue weighted by atomic mass is 9.74. The Kier molecular flexibility index (Phi) is 3.66. The van der Waals surface area contributed by atoms with Gasteiger partial charge in [0.2, 0.25) is 0 Å². The van der Waals surface area contributed by atoms with Crippen LogP contribution in [0.3, 0.4) is 0 Å². The first kappa shape index (κ1) is 13.0. The third kappa shape index (κ3) is 2.88. The van der Waals surface area contributed by atoms with Gasteiger partial charge >= 0.3 is 0 Å². The Morgan fingerprint density at radius 1 is 1.39 bits per heavy atom. The molecule has 2 N–H and O–H groups in total. The smallest absolute Gasteiger partial charge is 0.272 e. The minimum Gasteiger partial charge on any atom is -0.325 e. The van der Waals surface area contributed by atoms with Crippen molar-refractivity contribution in [1.82, 2.24) is 0 Å². The fourth-order valence-corrected chi connectivity index (χ4v) is 2.73. The second-order valence-electron chi connectivity index (χ2n) is 5.61. The maximum Gasteiger partial charge on any atom is 0.272 e. The van der Waals surface area contributed by atoms with E-state index in [0.29, 0.717) is 6.42 Å². The van der Waals surface area contributed by atoms with E-state index >= 15 is 0 Å². The molecule has 0 unspecified atom stereocenters. The molecular weight excluding hydrogens is 228 g/mol. The topological polar surface area (TPSA) is 69.2 Å². The Balaban J connectivity index is 2.16. The summed E-state index contributed by atoms with van der Waals surface area (Å²) in [5.41, 5.74) is 7.09. The van der Waals surface area contributed by atoms with Crippen LogP contribution in [-0.2, 0) is 6.42 Å². The highest BCUT2D eigenvalue weighted by atomic mass is 16.6. The van der Waals surface area contributed by atoms with E-state index < -0.39 is 0 Å². The van der Waals surface area contributed by atoms with Crippen molar-refractivity contribution in [3.05, 3.63) is 39.9 Å². The molecule has 0 bridgehead atoms. The summed E-state index contributed by atoms with van der Waals surface area (Å²) < 4.78 is 0. The Labute approximate surface area is 107 Å². The lowest BCUT2D eigenvalue weighted by molar-refractivity contribution is -0.385. The minimum atomic E-state index is -0.315. The molecule has 0 heterocycles. The highest BCUT2D eigenvalue weighted by Crippen LogP contribution is 2.34. The summed E-state index contributed by atoms with van der Waals surface area (Å²) in [6, 6.07) is 6.93. The first-order valence-electron chi connectivity index (χ1n) is 6.51. The van der Waals surface area contributed by atoms with Crippen LogP contribution in [0.2, 0.25) is 0 Å². The maximum absolute atomic E-state index is 11.0. The van der Waals surface area contributed by atoms with Gasteiger partial charge in [0, 0.05) is 17.2 Å². The molecule has 0 saturated heterocycles. The van der Waals surface area contributed by atoms with Crippen LogP contribution in [0.25, 0.3) is 0 Å². The molecule has 1 fully saturated rings. The third-order valence-electron chi connectivity index (χ3n) is 4.00. The summed E-state index contributed by atoms with van der Waals surface area (Å²) in [6.07, 6.45) is 4.77. The lowest BCUT2D eigenvalue weighted by Gasteiger charge is -2.36. The third-order valence-corrected chi connectivity index (χ3v) is 4.00. The molecule has 1 aromatic rings. The fraction of sp³-hybridized carbons (Fsp3) is 0.571. The highest BCUT2D eigenvalue weighted by Gasteiger charge is 2.32. The van der Waals surface area contributed by atoms with Gasteiger partial charge < -0.3 is 5.73 Å². The van der Waals surface area contributed by atoms with Crippen LogP contribution in [0.5, 0.6) is 0 Å². The van der Waals surface area contributed by atoms with Crippen LogP contribution in [0.15, 0.2) is 24.3 Å². The quantitative estimate of drug-likeness (QED) is 0.660. The van der Waals surface area contributed by atoms with E-state index in [1.54, 1.807) is 12.1 Å². The fourth-order valence-electron chi connectivity index (χ4n) is 2.73. The van der Waals surface area contributed by atoms with Crippen LogP contribution in [0.1, 0.15) is 38.2 Å². The first-order valence-corrected chi connectivity index (χ1v) is 6.51. The second kappa shape index (κ2) is 5.06. The van der Waals surface area contributed by atoms with Gasteiger partial charge in [0.1, 0.15) is 0 Å².